The third kappa shape index (κ3) is 5.71. The van der Waals surface area contributed by atoms with Gasteiger partial charge in [-0.05, 0) is 31.5 Å². The minimum atomic E-state index is -2.77. The number of hydrogen-bond donors (Lipinski definition) is 0. The molecule has 0 saturated carbocycles. The maximum Gasteiger partial charge on any atom is 0.387 e. The minimum absolute atomic E-state index is 0.205. The van der Waals surface area contributed by atoms with Crippen LogP contribution in [0.2, 0.25) is 0 Å². The Morgan fingerprint density at radius 1 is 1.09 bits per heavy atom. The summed E-state index contributed by atoms with van der Waals surface area (Å²) in [5, 5.41) is 0. The van der Waals surface area contributed by atoms with Crippen molar-refractivity contribution in [1.82, 2.24) is 9.80 Å². The van der Waals surface area contributed by atoms with Gasteiger partial charge in [0.2, 0.25) is 0 Å². The zero-order valence-corrected chi connectivity index (χ0v) is 13.9. The van der Waals surface area contributed by atoms with Gasteiger partial charge in [0.15, 0.2) is 0 Å². The van der Waals surface area contributed by atoms with E-state index in [0.717, 1.165) is 51.5 Å². The monoisotopic (exact) mass is 328 g/mol. The molecule has 1 aliphatic rings. The summed E-state index contributed by atoms with van der Waals surface area (Å²) in [6.07, 6.45) is 0. The Morgan fingerprint density at radius 2 is 1.74 bits per heavy atom. The topological polar surface area (TPSA) is 24.9 Å². The van der Waals surface area contributed by atoms with Gasteiger partial charge in [-0.25, -0.2) is 0 Å². The number of halogens is 2. The first-order valence-electron chi connectivity index (χ1n) is 8.19. The number of piperazine rings is 1. The molecule has 0 aliphatic carbocycles. The van der Waals surface area contributed by atoms with Crippen LogP contribution in [-0.4, -0.2) is 62.3 Å². The molecule has 6 heteroatoms. The molecule has 0 aromatic heterocycles. The molecule has 1 saturated heterocycles. The lowest BCUT2D eigenvalue weighted by Crippen LogP contribution is -2.47. The van der Waals surface area contributed by atoms with Crippen LogP contribution in [0, 0.1) is 0 Å². The molecule has 0 bridgehead atoms. The van der Waals surface area contributed by atoms with Crippen molar-refractivity contribution in [2.24, 2.45) is 0 Å². The predicted octanol–water partition coefficient (Wildman–Crippen LogP) is 3.00. The summed E-state index contributed by atoms with van der Waals surface area (Å²) in [5.41, 5.74) is 1.12. The fraction of sp³-hybridized carbons (Fsp3) is 0.647. The molecule has 4 nitrogen and oxygen atoms in total. The number of ether oxygens (including phenoxy) is 2. The first-order chi connectivity index (χ1) is 11.1. The van der Waals surface area contributed by atoms with E-state index < -0.39 is 6.61 Å². The lowest BCUT2D eigenvalue weighted by atomic mass is 10.1. The van der Waals surface area contributed by atoms with Crippen LogP contribution in [0.4, 0.5) is 8.78 Å². The zero-order valence-electron chi connectivity index (χ0n) is 13.9. The highest BCUT2D eigenvalue weighted by Gasteiger charge is 2.21. The third-order valence-electron chi connectivity index (χ3n) is 4.30. The molecule has 1 heterocycles. The van der Waals surface area contributed by atoms with Crippen LogP contribution in [0.3, 0.4) is 0 Å². The van der Waals surface area contributed by atoms with Crippen LogP contribution in [0.5, 0.6) is 5.75 Å². The van der Waals surface area contributed by atoms with Gasteiger partial charge < -0.3 is 9.47 Å². The summed E-state index contributed by atoms with van der Waals surface area (Å²) in [4.78, 5) is 4.83. The molecule has 1 aromatic rings. The Morgan fingerprint density at radius 3 is 2.30 bits per heavy atom. The summed E-state index contributed by atoms with van der Waals surface area (Å²) in [5.74, 6) is 0.205. The van der Waals surface area contributed by atoms with Crippen molar-refractivity contribution >= 4 is 0 Å². The average Bonchev–Trinajstić information content (AvgIpc) is 2.55. The molecule has 1 fully saturated rings. The minimum Gasteiger partial charge on any atom is -0.435 e. The summed E-state index contributed by atoms with van der Waals surface area (Å²) < 4.78 is 34.1. The van der Waals surface area contributed by atoms with Gasteiger partial charge in [0.1, 0.15) is 5.75 Å². The third-order valence-corrected chi connectivity index (χ3v) is 4.30. The Kier molecular flexibility index (Phi) is 7.20. The summed E-state index contributed by atoms with van der Waals surface area (Å²) in [7, 11) is 0. The van der Waals surface area contributed by atoms with Gasteiger partial charge >= 0.3 is 6.61 Å². The maximum absolute atomic E-state index is 12.2. The van der Waals surface area contributed by atoms with Crippen LogP contribution in [-0.2, 0) is 4.74 Å². The molecule has 0 N–H and O–H groups in total. The van der Waals surface area contributed by atoms with Crippen molar-refractivity contribution in [2.75, 3.05) is 45.9 Å². The molecule has 1 aliphatic heterocycles. The number of hydrogen-bond acceptors (Lipinski definition) is 4. The Hall–Kier alpha value is -1.24. The lowest BCUT2D eigenvalue weighted by Gasteiger charge is -2.38. The van der Waals surface area contributed by atoms with Crippen molar-refractivity contribution in [3.05, 3.63) is 29.8 Å². The van der Waals surface area contributed by atoms with Crippen molar-refractivity contribution in [1.29, 1.82) is 0 Å². The Bertz CT molecular complexity index is 448. The molecule has 23 heavy (non-hydrogen) atoms. The molecule has 1 atom stereocenters. The number of benzene rings is 1. The van der Waals surface area contributed by atoms with Crippen LogP contribution in [0.1, 0.15) is 25.5 Å². The van der Waals surface area contributed by atoms with Gasteiger partial charge in [0.25, 0.3) is 0 Å². The van der Waals surface area contributed by atoms with Crippen molar-refractivity contribution < 1.29 is 18.3 Å². The van der Waals surface area contributed by atoms with Gasteiger partial charge in [-0.2, -0.15) is 8.78 Å². The van der Waals surface area contributed by atoms with E-state index in [4.69, 9.17) is 4.74 Å². The molecule has 0 spiro atoms. The number of rotatable bonds is 8. The average molecular weight is 328 g/mol. The molecule has 0 radical (unpaired) electrons. The molecule has 2 rings (SSSR count). The fourth-order valence-corrected chi connectivity index (χ4v) is 2.85. The molecular formula is C17H26F2N2O2. The second-order valence-corrected chi connectivity index (χ2v) is 5.70. The van der Waals surface area contributed by atoms with Crippen LogP contribution in [0.15, 0.2) is 24.3 Å². The van der Waals surface area contributed by atoms with Crippen LogP contribution < -0.4 is 4.74 Å². The second-order valence-electron chi connectivity index (χ2n) is 5.70. The van der Waals surface area contributed by atoms with Crippen molar-refractivity contribution in [3.63, 3.8) is 0 Å². The van der Waals surface area contributed by atoms with E-state index >= 15 is 0 Å². The van der Waals surface area contributed by atoms with Gasteiger partial charge in [0.05, 0.1) is 6.61 Å². The molecule has 1 unspecified atom stereocenters. The van der Waals surface area contributed by atoms with E-state index in [0.29, 0.717) is 0 Å². The first-order valence-corrected chi connectivity index (χ1v) is 8.19. The second kappa shape index (κ2) is 9.15. The van der Waals surface area contributed by atoms with Crippen molar-refractivity contribution in [3.8, 4) is 5.75 Å². The normalized spacial score (nSPS) is 18.3. The first kappa shape index (κ1) is 18.1. The van der Waals surface area contributed by atoms with Gasteiger partial charge in [-0.3, -0.25) is 9.80 Å². The van der Waals surface area contributed by atoms with E-state index in [9.17, 15) is 8.78 Å². The smallest absolute Gasteiger partial charge is 0.387 e. The standard InChI is InChI=1S/C17H26F2N2O2/c1-3-22-13-12-20-8-10-21(11-9-20)14(2)15-4-6-16(7-5-15)23-17(18)19/h4-7,14,17H,3,8-13H2,1-2H3. The maximum atomic E-state index is 12.2. The zero-order chi connectivity index (χ0) is 16.7. The molecule has 1 aromatic carbocycles. The van der Waals surface area contributed by atoms with Gasteiger partial charge in [-0.1, -0.05) is 12.1 Å². The van der Waals surface area contributed by atoms with Crippen LogP contribution >= 0.6 is 0 Å². The highest BCUT2D eigenvalue weighted by Crippen LogP contribution is 2.24. The number of alkyl halides is 2. The summed E-state index contributed by atoms with van der Waals surface area (Å²) in [6.45, 7) is 7.99. The molecule has 0 amide bonds. The van der Waals surface area contributed by atoms with Gasteiger partial charge in [-0.15, -0.1) is 0 Å². The highest BCUT2D eigenvalue weighted by molar-refractivity contribution is 5.29. The summed E-state index contributed by atoms with van der Waals surface area (Å²) >= 11 is 0. The predicted molar refractivity (Wildman–Crippen MR) is 86.0 cm³/mol. The number of nitrogens with zero attached hydrogens (tertiary/aromatic N) is 2. The quantitative estimate of drug-likeness (QED) is 0.685. The van der Waals surface area contributed by atoms with E-state index in [-0.39, 0.29) is 11.8 Å². The largest absolute Gasteiger partial charge is 0.435 e. The van der Waals surface area contributed by atoms with Crippen LogP contribution in [0.25, 0.3) is 0 Å². The van der Waals surface area contributed by atoms with E-state index in [2.05, 4.69) is 21.5 Å². The fourth-order valence-electron chi connectivity index (χ4n) is 2.85. The Labute approximate surface area is 137 Å². The van der Waals surface area contributed by atoms with E-state index in [1.807, 2.05) is 19.1 Å². The van der Waals surface area contributed by atoms with E-state index in [1.54, 1.807) is 12.1 Å². The SMILES string of the molecule is CCOCCN1CCN(C(C)c2ccc(OC(F)F)cc2)CC1. The lowest BCUT2D eigenvalue weighted by molar-refractivity contribution is -0.0498. The highest BCUT2D eigenvalue weighted by atomic mass is 19.3. The van der Waals surface area contributed by atoms with Crippen molar-refractivity contribution in [2.45, 2.75) is 26.5 Å². The summed E-state index contributed by atoms with van der Waals surface area (Å²) in [6, 6.07) is 7.21. The molecule has 130 valence electrons. The van der Waals surface area contributed by atoms with Gasteiger partial charge in [0, 0.05) is 45.4 Å². The molecular weight excluding hydrogens is 302 g/mol. The Balaban J connectivity index is 1.81. The van der Waals surface area contributed by atoms with E-state index in [1.165, 1.54) is 0 Å².